The van der Waals surface area contributed by atoms with Crippen LogP contribution in [-0.2, 0) is 0 Å². The van der Waals surface area contributed by atoms with Crippen LogP contribution < -0.4 is 10.8 Å². The van der Waals surface area contributed by atoms with Crippen LogP contribution in [0.3, 0.4) is 0 Å². The molecule has 5 nitrogen and oxygen atoms in total. The highest BCUT2D eigenvalue weighted by atomic mass is 16.5. The minimum Gasteiger partial charge on any atom is -0.291 e. The molecular formula is C8H9N3O2. The van der Waals surface area contributed by atoms with Crippen LogP contribution in [0.4, 0.5) is 4.79 Å². The van der Waals surface area contributed by atoms with Crippen LogP contribution in [0.15, 0.2) is 30.3 Å². The summed E-state index contributed by atoms with van der Waals surface area (Å²) in [7, 11) is 0. The quantitative estimate of drug-likeness (QED) is 0.221. The minimum atomic E-state index is -0.825. The second kappa shape index (κ2) is 4.22. The molecule has 0 aromatic heterocycles. The number of amidine groups is 1. The summed E-state index contributed by atoms with van der Waals surface area (Å²) in [5, 5.41) is 17.7. The van der Waals surface area contributed by atoms with Gasteiger partial charge in [0, 0.05) is 5.56 Å². The summed E-state index contributed by atoms with van der Waals surface area (Å²) in [5.74, 6) is -0.0628. The topological polar surface area (TPSA) is 85.2 Å². The number of urea groups is 1. The molecule has 2 amide bonds. The van der Waals surface area contributed by atoms with Crippen molar-refractivity contribution >= 4 is 11.9 Å². The molecule has 0 saturated carbocycles. The molecule has 0 aliphatic rings. The summed E-state index contributed by atoms with van der Waals surface area (Å²) in [6.07, 6.45) is 0. The summed E-state index contributed by atoms with van der Waals surface area (Å²) in [6, 6.07) is 7.85. The maximum Gasteiger partial charge on any atom is 0.344 e. The van der Waals surface area contributed by atoms with E-state index in [0.29, 0.717) is 5.56 Å². The molecule has 0 saturated heterocycles. The summed E-state index contributed by atoms with van der Waals surface area (Å²) < 4.78 is 0. The van der Waals surface area contributed by atoms with Gasteiger partial charge >= 0.3 is 6.03 Å². The van der Waals surface area contributed by atoms with Gasteiger partial charge in [0.05, 0.1) is 0 Å². The smallest absolute Gasteiger partial charge is 0.291 e. The van der Waals surface area contributed by atoms with E-state index in [0.717, 1.165) is 0 Å². The SMILES string of the molecule is N=C(NC(=O)NO)c1ccccc1. The molecule has 0 aliphatic carbocycles. The van der Waals surface area contributed by atoms with Gasteiger partial charge in [-0.05, 0) is 0 Å². The predicted octanol–water partition coefficient (Wildman–Crippen LogP) is 0.700. The molecule has 1 aromatic carbocycles. The van der Waals surface area contributed by atoms with Crippen molar-refractivity contribution in [2.24, 2.45) is 0 Å². The zero-order valence-electron chi connectivity index (χ0n) is 6.74. The molecule has 0 atom stereocenters. The Labute approximate surface area is 74.9 Å². The Bertz CT molecular complexity index is 310. The van der Waals surface area contributed by atoms with E-state index in [-0.39, 0.29) is 5.84 Å². The summed E-state index contributed by atoms with van der Waals surface area (Å²) in [4.78, 5) is 10.6. The third kappa shape index (κ3) is 2.57. The van der Waals surface area contributed by atoms with Crippen molar-refractivity contribution in [3.8, 4) is 0 Å². The first-order valence-electron chi connectivity index (χ1n) is 3.59. The summed E-state index contributed by atoms with van der Waals surface area (Å²) >= 11 is 0. The molecule has 0 bridgehead atoms. The van der Waals surface area contributed by atoms with Crippen molar-refractivity contribution in [2.45, 2.75) is 0 Å². The highest BCUT2D eigenvalue weighted by molar-refractivity contribution is 6.05. The van der Waals surface area contributed by atoms with Crippen molar-refractivity contribution in [3.63, 3.8) is 0 Å². The van der Waals surface area contributed by atoms with Gasteiger partial charge in [-0.3, -0.25) is 15.9 Å². The molecule has 0 radical (unpaired) electrons. The third-order valence-corrected chi connectivity index (χ3v) is 1.40. The fraction of sp³-hybridized carbons (Fsp3) is 0. The lowest BCUT2D eigenvalue weighted by atomic mass is 10.2. The molecule has 0 aliphatic heterocycles. The third-order valence-electron chi connectivity index (χ3n) is 1.40. The van der Waals surface area contributed by atoms with Crippen molar-refractivity contribution in [3.05, 3.63) is 35.9 Å². The second-order valence-corrected chi connectivity index (χ2v) is 2.31. The number of hydroxylamine groups is 1. The fourth-order valence-electron chi connectivity index (χ4n) is 0.818. The first-order valence-corrected chi connectivity index (χ1v) is 3.59. The number of nitrogens with one attached hydrogen (secondary N) is 3. The average molecular weight is 179 g/mol. The Morgan fingerprint density at radius 2 is 1.92 bits per heavy atom. The number of benzene rings is 1. The molecule has 1 aromatic rings. The second-order valence-electron chi connectivity index (χ2n) is 2.31. The maximum absolute atomic E-state index is 10.6. The zero-order chi connectivity index (χ0) is 9.68. The number of carbonyl (C=O) groups excluding carboxylic acids is 1. The molecule has 68 valence electrons. The van der Waals surface area contributed by atoms with Gasteiger partial charge in [-0.1, -0.05) is 30.3 Å². The Morgan fingerprint density at radius 1 is 1.31 bits per heavy atom. The van der Waals surface area contributed by atoms with Crippen LogP contribution in [0.25, 0.3) is 0 Å². The van der Waals surface area contributed by atoms with E-state index in [1.807, 2.05) is 6.07 Å². The highest BCUT2D eigenvalue weighted by Crippen LogP contribution is 1.96. The van der Waals surface area contributed by atoms with Crippen LogP contribution in [0.5, 0.6) is 0 Å². The predicted molar refractivity (Wildman–Crippen MR) is 46.7 cm³/mol. The summed E-state index contributed by atoms with van der Waals surface area (Å²) in [6.45, 7) is 0. The maximum atomic E-state index is 10.6. The minimum absolute atomic E-state index is 0.0628. The molecule has 0 spiro atoms. The van der Waals surface area contributed by atoms with Crippen LogP contribution in [0.1, 0.15) is 5.56 Å². The van der Waals surface area contributed by atoms with E-state index in [4.69, 9.17) is 10.6 Å². The zero-order valence-corrected chi connectivity index (χ0v) is 6.74. The lowest BCUT2D eigenvalue weighted by Crippen LogP contribution is -2.37. The van der Waals surface area contributed by atoms with Gasteiger partial charge in [0.1, 0.15) is 5.84 Å². The lowest BCUT2D eigenvalue weighted by Gasteiger charge is -2.04. The Hall–Kier alpha value is -1.88. The van der Waals surface area contributed by atoms with E-state index < -0.39 is 6.03 Å². The molecule has 1 rings (SSSR count). The summed E-state index contributed by atoms with van der Waals surface area (Å²) in [5.41, 5.74) is 1.95. The monoisotopic (exact) mass is 179 g/mol. The van der Waals surface area contributed by atoms with E-state index >= 15 is 0 Å². The van der Waals surface area contributed by atoms with Gasteiger partial charge in [-0.25, -0.2) is 10.3 Å². The van der Waals surface area contributed by atoms with E-state index in [1.165, 1.54) is 5.48 Å². The number of carbonyl (C=O) groups is 1. The van der Waals surface area contributed by atoms with E-state index in [9.17, 15) is 4.79 Å². The van der Waals surface area contributed by atoms with Crippen molar-refractivity contribution in [2.75, 3.05) is 0 Å². The Kier molecular flexibility index (Phi) is 2.99. The number of hydrogen-bond donors (Lipinski definition) is 4. The molecule has 0 unspecified atom stereocenters. The normalized spacial score (nSPS) is 9.00. The number of hydrogen-bond acceptors (Lipinski definition) is 3. The van der Waals surface area contributed by atoms with Gasteiger partial charge in [-0.2, -0.15) is 0 Å². The van der Waals surface area contributed by atoms with E-state index in [2.05, 4.69) is 5.32 Å². The molecule has 13 heavy (non-hydrogen) atoms. The lowest BCUT2D eigenvalue weighted by molar-refractivity contribution is 0.165. The molecule has 0 fully saturated rings. The Balaban J connectivity index is 2.65. The van der Waals surface area contributed by atoms with Crippen LogP contribution in [0, 0.1) is 5.41 Å². The molecule has 5 heteroatoms. The van der Waals surface area contributed by atoms with Crippen LogP contribution in [0.2, 0.25) is 0 Å². The standard InChI is InChI=1S/C8H9N3O2/c9-7(10-8(12)11-13)6-4-2-1-3-5-6/h1-5,13H,(H3,9,10,11,12). The largest absolute Gasteiger partial charge is 0.344 e. The molecular weight excluding hydrogens is 170 g/mol. The number of amides is 2. The van der Waals surface area contributed by atoms with Gasteiger partial charge < -0.3 is 0 Å². The average Bonchev–Trinajstić information content (AvgIpc) is 2.19. The first kappa shape index (κ1) is 9.21. The Morgan fingerprint density at radius 3 is 2.46 bits per heavy atom. The van der Waals surface area contributed by atoms with Crippen molar-refractivity contribution in [1.82, 2.24) is 10.8 Å². The van der Waals surface area contributed by atoms with Gasteiger partial charge in [0.2, 0.25) is 0 Å². The van der Waals surface area contributed by atoms with Crippen molar-refractivity contribution in [1.29, 1.82) is 5.41 Å². The van der Waals surface area contributed by atoms with Gasteiger partial charge in [0.25, 0.3) is 0 Å². The molecule has 0 heterocycles. The fourth-order valence-corrected chi connectivity index (χ4v) is 0.818. The number of rotatable bonds is 1. The van der Waals surface area contributed by atoms with Gasteiger partial charge in [-0.15, -0.1) is 0 Å². The highest BCUT2D eigenvalue weighted by Gasteiger charge is 2.03. The first-order chi connectivity index (χ1) is 6.24. The van der Waals surface area contributed by atoms with Gasteiger partial charge in [0.15, 0.2) is 0 Å². The van der Waals surface area contributed by atoms with Crippen molar-refractivity contribution < 1.29 is 10.0 Å². The van der Waals surface area contributed by atoms with E-state index in [1.54, 1.807) is 24.3 Å². The van der Waals surface area contributed by atoms with Crippen LogP contribution >= 0.6 is 0 Å². The molecule has 4 N–H and O–H groups in total. The van der Waals surface area contributed by atoms with Crippen LogP contribution in [-0.4, -0.2) is 17.1 Å².